The van der Waals surface area contributed by atoms with Gasteiger partial charge in [-0.15, -0.1) is 0 Å². The third-order valence-corrected chi connectivity index (χ3v) is 5.73. The topological polar surface area (TPSA) is 96.4 Å². The third kappa shape index (κ3) is 4.27. The van der Waals surface area contributed by atoms with Crippen LogP contribution in [0.2, 0.25) is 0 Å². The lowest BCUT2D eigenvalue weighted by Gasteiger charge is -2.33. The van der Waals surface area contributed by atoms with Crippen LogP contribution in [0.4, 0.5) is 23.3 Å². The van der Waals surface area contributed by atoms with Crippen LogP contribution < -0.4 is 16.4 Å². The quantitative estimate of drug-likeness (QED) is 0.552. The average Bonchev–Trinajstić information content (AvgIpc) is 3.12. The summed E-state index contributed by atoms with van der Waals surface area (Å²) in [6, 6.07) is 8.68. The highest BCUT2D eigenvalue weighted by Gasteiger charge is 2.23. The second-order valence-corrected chi connectivity index (χ2v) is 7.99. The van der Waals surface area contributed by atoms with E-state index in [0.717, 1.165) is 36.2 Å². The van der Waals surface area contributed by atoms with E-state index in [4.69, 9.17) is 15.7 Å². The van der Waals surface area contributed by atoms with Crippen molar-refractivity contribution >= 4 is 28.9 Å². The zero-order chi connectivity index (χ0) is 20.4. The molecule has 1 aliphatic carbocycles. The zero-order valence-corrected chi connectivity index (χ0v) is 17.4. The molecule has 0 radical (unpaired) electrons. The number of hydrogen-bond acceptors (Lipinski definition) is 7. The van der Waals surface area contributed by atoms with E-state index in [2.05, 4.69) is 41.7 Å². The third-order valence-electron chi connectivity index (χ3n) is 5.73. The predicted octanol–water partition coefficient (Wildman–Crippen LogP) is 3.30. The van der Waals surface area contributed by atoms with Gasteiger partial charge in [0.25, 0.3) is 0 Å². The molecule has 3 aromatic rings. The fraction of sp³-hybridized carbons (Fsp3) is 0.476. The Labute approximate surface area is 171 Å². The molecular formula is C21H30N8. The summed E-state index contributed by atoms with van der Waals surface area (Å²) in [5.41, 5.74) is 9.43. The Morgan fingerprint density at radius 3 is 2.66 bits per heavy atom. The smallest absolute Gasteiger partial charge is 0.233 e. The molecule has 2 aromatic heterocycles. The van der Waals surface area contributed by atoms with E-state index in [-0.39, 0.29) is 0 Å². The van der Waals surface area contributed by atoms with Gasteiger partial charge in [-0.1, -0.05) is 13.0 Å². The highest BCUT2D eigenvalue weighted by atomic mass is 15.4. The molecular weight excluding hydrogens is 364 g/mol. The lowest BCUT2D eigenvalue weighted by atomic mass is 9.91. The highest BCUT2D eigenvalue weighted by Crippen LogP contribution is 2.25. The average molecular weight is 395 g/mol. The van der Waals surface area contributed by atoms with E-state index in [1.54, 1.807) is 4.52 Å². The van der Waals surface area contributed by atoms with Crippen molar-refractivity contribution in [2.45, 2.75) is 51.1 Å². The first-order valence-electron chi connectivity index (χ1n) is 10.3. The zero-order valence-electron chi connectivity index (χ0n) is 17.4. The van der Waals surface area contributed by atoms with Gasteiger partial charge in [0, 0.05) is 29.0 Å². The number of nitrogens with zero attached hydrogens (tertiary/aromatic N) is 5. The molecule has 0 aliphatic heterocycles. The Bertz CT molecular complexity index is 972. The Kier molecular flexibility index (Phi) is 5.53. The SMILES string of the molecule is CCc1cnn2c(Nc3cccc(N)c3)nc(NC3CCC(N(C)C)CC3)nc12. The first-order chi connectivity index (χ1) is 14.0. The van der Waals surface area contributed by atoms with Gasteiger partial charge < -0.3 is 21.3 Å². The largest absolute Gasteiger partial charge is 0.399 e. The van der Waals surface area contributed by atoms with Crippen LogP contribution in [0, 0.1) is 0 Å². The number of hydrogen-bond donors (Lipinski definition) is 3. The molecule has 8 nitrogen and oxygen atoms in total. The Morgan fingerprint density at radius 1 is 1.17 bits per heavy atom. The lowest BCUT2D eigenvalue weighted by Crippen LogP contribution is -2.36. The summed E-state index contributed by atoms with van der Waals surface area (Å²) < 4.78 is 1.76. The minimum Gasteiger partial charge on any atom is -0.399 e. The molecule has 8 heteroatoms. The van der Waals surface area contributed by atoms with Gasteiger partial charge in [-0.2, -0.15) is 19.6 Å². The second-order valence-electron chi connectivity index (χ2n) is 7.99. The number of aromatic nitrogens is 4. The Morgan fingerprint density at radius 2 is 1.97 bits per heavy atom. The van der Waals surface area contributed by atoms with Crippen molar-refractivity contribution in [1.82, 2.24) is 24.5 Å². The maximum absolute atomic E-state index is 5.93. The molecule has 2 heterocycles. The number of rotatable bonds is 6. The van der Waals surface area contributed by atoms with Gasteiger partial charge in [0.1, 0.15) is 0 Å². The molecule has 29 heavy (non-hydrogen) atoms. The van der Waals surface area contributed by atoms with E-state index in [1.165, 1.54) is 12.8 Å². The Balaban J connectivity index is 1.61. The molecule has 1 aromatic carbocycles. The molecule has 4 N–H and O–H groups in total. The van der Waals surface area contributed by atoms with Crippen molar-refractivity contribution in [2.75, 3.05) is 30.5 Å². The van der Waals surface area contributed by atoms with Crippen LogP contribution in [0.25, 0.3) is 5.65 Å². The van der Waals surface area contributed by atoms with Crippen LogP contribution in [-0.2, 0) is 6.42 Å². The highest BCUT2D eigenvalue weighted by molar-refractivity contribution is 5.63. The summed E-state index contributed by atoms with van der Waals surface area (Å²) in [6.45, 7) is 2.11. The van der Waals surface area contributed by atoms with E-state index in [1.807, 2.05) is 30.5 Å². The number of aryl methyl sites for hydroxylation is 1. The molecule has 4 rings (SSSR count). The van der Waals surface area contributed by atoms with Gasteiger partial charge in [0.15, 0.2) is 5.65 Å². The maximum atomic E-state index is 5.93. The van der Waals surface area contributed by atoms with Crippen molar-refractivity contribution in [3.05, 3.63) is 36.0 Å². The maximum Gasteiger partial charge on any atom is 0.233 e. The number of nitrogens with one attached hydrogen (secondary N) is 2. The van der Waals surface area contributed by atoms with Gasteiger partial charge in [0.2, 0.25) is 11.9 Å². The molecule has 0 amide bonds. The van der Waals surface area contributed by atoms with Crippen LogP contribution >= 0.6 is 0 Å². The van der Waals surface area contributed by atoms with Crippen molar-refractivity contribution in [3.63, 3.8) is 0 Å². The van der Waals surface area contributed by atoms with Gasteiger partial charge in [0.05, 0.1) is 6.20 Å². The number of anilines is 4. The van der Waals surface area contributed by atoms with Crippen LogP contribution in [0.1, 0.15) is 38.2 Å². The summed E-state index contributed by atoms with van der Waals surface area (Å²) in [7, 11) is 4.32. The molecule has 0 bridgehead atoms. The van der Waals surface area contributed by atoms with Crippen molar-refractivity contribution in [3.8, 4) is 0 Å². The fourth-order valence-electron chi connectivity index (χ4n) is 3.98. The lowest BCUT2D eigenvalue weighted by molar-refractivity contribution is 0.221. The van der Waals surface area contributed by atoms with Gasteiger partial charge in [-0.3, -0.25) is 0 Å². The number of fused-ring (bicyclic) bond motifs is 1. The van der Waals surface area contributed by atoms with Crippen LogP contribution in [0.5, 0.6) is 0 Å². The van der Waals surface area contributed by atoms with E-state index < -0.39 is 0 Å². The summed E-state index contributed by atoms with van der Waals surface area (Å²) in [5, 5.41) is 11.4. The van der Waals surface area contributed by atoms with E-state index in [0.29, 0.717) is 29.7 Å². The summed E-state index contributed by atoms with van der Waals surface area (Å²) in [5.74, 6) is 1.28. The molecule has 1 fully saturated rings. The number of nitrogen functional groups attached to an aromatic ring is 1. The molecule has 1 aliphatic rings. The van der Waals surface area contributed by atoms with E-state index >= 15 is 0 Å². The summed E-state index contributed by atoms with van der Waals surface area (Å²) in [4.78, 5) is 11.8. The molecule has 154 valence electrons. The first-order valence-corrected chi connectivity index (χ1v) is 10.3. The van der Waals surface area contributed by atoms with Crippen molar-refractivity contribution in [1.29, 1.82) is 0 Å². The summed E-state index contributed by atoms with van der Waals surface area (Å²) >= 11 is 0. The summed E-state index contributed by atoms with van der Waals surface area (Å²) in [6.07, 6.45) is 7.35. The number of nitrogens with two attached hydrogens (primary N) is 1. The standard InChI is InChI=1S/C21H30N8/c1-4-14-13-23-29-19(14)26-20(24-16-8-10-18(11-9-16)28(2)3)27-21(29)25-17-7-5-6-15(22)12-17/h5-7,12-13,16,18H,4,8-11,22H2,1-3H3,(H2,24,25,26,27). The van der Waals surface area contributed by atoms with Crippen LogP contribution in [0.3, 0.4) is 0 Å². The van der Waals surface area contributed by atoms with Crippen molar-refractivity contribution < 1.29 is 0 Å². The second kappa shape index (κ2) is 8.24. The van der Waals surface area contributed by atoms with Crippen LogP contribution in [-0.4, -0.2) is 50.7 Å². The molecule has 0 spiro atoms. The number of benzene rings is 1. The predicted molar refractivity (Wildman–Crippen MR) is 118 cm³/mol. The van der Waals surface area contributed by atoms with Gasteiger partial charge in [-0.05, 0) is 64.4 Å². The molecule has 0 atom stereocenters. The minimum atomic E-state index is 0.391. The normalized spacial score (nSPS) is 19.6. The molecule has 0 saturated heterocycles. The van der Waals surface area contributed by atoms with Crippen molar-refractivity contribution in [2.24, 2.45) is 0 Å². The van der Waals surface area contributed by atoms with Gasteiger partial charge >= 0.3 is 0 Å². The van der Waals surface area contributed by atoms with Crippen LogP contribution in [0.15, 0.2) is 30.5 Å². The van der Waals surface area contributed by atoms with Gasteiger partial charge in [-0.25, -0.2) is 0 Å². The Hall–Kier alpha value is -2.87. The minimum absolute atomic E-state index is 0.391. The monoisotopic (exact) mass is 394 g/mol. The molecule has 1 saturated carbocycles. The fourth-order valence-corrected chi connectivity index (χ4v) is 3.98. The molecule has 0 unspecified atom stereocenters. The van der Waals surface area contributed by atoms with E-state index in [9.17, 15) is 0 Å². The first kappa shape index (κ1) is 19.4.